The number of pyridine rings is 1. The molecule has 0 bridgehead atoms. The highest BCUT2D eigenvalue weighted by molar-refractivity contribution is 6.35. The quantitative estimate of drug-likeness (QED) is 0.516. The van der Waals surface area contributed by atoms with Crippen molar-refractivity contribution < 1.29 is 19.2 Å². The number of likely N-dealkylation sites (tertiary alicyclic amines) is 1. The van der Waals surface area contributed by atoms with Crippen molar-refractivity contribution in [3.8, 4) is 17.3 Å². The zero-order chi connectivity index (χ0) is 24.6. The van der Waals surface area contributed by atoms with Crippen LogP contribution in [0.3, 0.4) is 0 Å². The van der Waals surface area contributed by atoms with E-state index in [0.29, 0.717) is 44.3 Å². The van der Waals surface area contributed by atoms with Gasteiger partial charge in [-0.3, -0.25) is 24.2 Å². The van der Waals surface area contributed by atoms with Gasteiger partial charge in [-0.15, -0.1) is 0 Å². The molecule has 0 N–H and O–H groups in total. The first-order chi connectivity index (χ1) is 16.1. The molecule has 1 saturated carbocycles. The van der Waals surface area contributed by atoms with Crippen molar-refractivity contribution in [3.05, 3.63) is 52.7 Å². The molecule has 174 valence electrons. The minimum absolute atomic E-state index is 0.0713. The minimum atomic E-state index is -0.773. The van der Waals surface area contributed by atoms with Crippen LogP contribution < -0.4 is 0 Å². The molecule has 2 aromatic rings. The Morgan fingerprint density at radius 2 is 1.65 bits per heavy atom. The number of nitrogens with zero attached hydrogens (tertiary/aromatic N) is 3. The number of carbonyl (C=O) groups excluding carboxylic acids is 4. The third-order valence-corrected chi connectivity index (χ3v) is 7.23. The molecule has 1 aliphatic heterocycles. The second-order valence-corrected chi connectivity index (χ2v) is 9.64. The SMILES string of the molecule is CC(=O)C(=O)N1CCC2(CC1)CC(=O)C(c1c(C)cc(-c3ccc(C#N)cn3)cc1C)C(=O)C2. The Balaban J connectivity index is 1.55. The molecule has 0 unspecified atom stereocenters. The number of benzene rings is 1. The van der Waals surface area contributed by atoms with Gasteiger partial charge >= 0.3 is 0 Å². The Morgan fingerprint density at radius 3 is 2.12 bits per heavy atom. The molecular formula is C27H27N3O4. The van der Waals surface area contributed by atoms with E-state index in [1.54, 1.807) is 12.1 Å². The second-order valence-electron chi connectivity index (χ2n) is 9.64. The lowest BCUT2D eigenvalue weighted by Crippen LogP contribution is -2.49. The predicted octanol–water partition coefficient (Wildman–Crippen LogP) is 3.45. The summed E-state index contributed by atoms with van der Waals surface area (Å²) in [6, 6.07) is 9.43. The van der Waals surface area contributed by atoms with Crippen molar-refractivity contribution in [3.63, 3.8) is 0 Å². The van der Waals surface area contributed by atoms with Gasteiger partial charge < -0.3 is 4.90 Å². The van der Waals surface area contributed by atoms with Gasteiger partial charge in [-0.2, -0.15) is 5.26 Å². The van der Waals surface area contributed by atoms with Crippen molar-refractivity contribution in [2.45, 2.75) is 52.4 Å². The monoisotopic (exact) mass is 457 g/mol. The van der Waals surface area contributed by atoms with E-state index < -0.39 is 23.0 Å². The molecule has 7 nitrogen and oxygen atoms in total. The third-order valence-electron chi connectivity index (χ3n) is 7.23. The highest BCUT2D eigenvalue weighted by atomic mass is 16.2. The van der Waals surface area contributed by atoms with Gasteiger partial charge in [0.25, 0.3) is 5.91 Å². The second kappa shape index (κ2) is 8.94. The fraction of sp³-hybridized carbons (Fsp3) is 0.407. The van der Waals surface area contributed by atoms with Crippen molar-refractivity contribution in [2.75, 3.05) is 13.1 Å². The van der Waals surface area contributed by atoms with Crippen LogP contribution in [0, 0.1) is 30.6 Å². The number of piperidine rings is 1. The average molecular weight is 458 g/mol. The Bertz CT molecular complexity index is 1190. The van der Waals surface area contributed by atoms with Crippen LogP contribution in [-0.2, 0) is 19.2 Å². The van der Waals surface area contributed by atoms with E-state index in [2.05, 4.69) is 11.1 Å². The lowest BCUT2D eigenvalue weighted by Gasteiger charge is -2.44. The van der Waals surface area contributed by atoms with Crippen LogP contribution >= 0.6 is 0 Å². The fourth-order valence-corrected chi connectivity index (χ4v) is 5.48. The van der Waals surface area contributed by atoms with Gasteiger partial charge in [-0.1, -0.05) is 0 Å². The van der Waals surface area contributed by atoms with E-state index in [1.165, 1.54) is 18.0 Å². The Hall–Kier alpha value is -3.66. The fourth-order valence-electron chi connectivity index (χ4n) is 5.48. The molecule has 7 heteroatoms. The van der Waals surface area contributed by atoms with E-state index in [0.717, 1.165) is 27.9 Å². The number of hydrogen-bond acceptors (Lipinski definition) is 6. The molecule has 1 aromatic heterocycles. The van der Waals surface area contributed by atoms with Gasteiger partial charge in [0, 0.05) is 44.6 Å². The Morgan fingerprint density at radius 1 is 1.06 bits per heavy atom. The van der Waals surface area contributed by atoms with Crippen LogP contribution in [-0.4, -0.2) is 46.2 Å². The van der Waals surface area contributed by atoms with E-state index in [1.807, 2.05) is 26.0 Å². The van der Waals surface area contributed by atoms with E-state index in [9.17, 15) is 19.2 Å². The molecule has 4 rings (SSSR count). The molecule has 1 saturated heterocycles. The van der Waals surface area contributed by atoms with Crippen molar-refractivity contribution in [2.24, 2.45) is 5.41 Å². The molecule has 2 heterocycles. The first-order valence-corrected chi connectivity index (χ1v) is 11.5. The molecule has 2 fully saturated rings. The number of aromatic nitrogens is 1. The van der Waals surface area contributed by atoms with Gasteiger partial charge in [0.15, 0.2) is 0 Å². The van der Waals surface area contributed by atoms with Crippen molar-refractivity contribution in [1.82, 2.24) is 9.88 Å². The van der Waals surface area contributed by atoms with Crippen LogP contribution in [0.15, 0.2) is 30.5 Å². The number of carbonyl (C=O) groups is 4. The summed E-state index contributed by atoms with van der Waals surface area (Å²) in [6.07, 6.45) is 3.25. The maximum absolute atomic E-state index is 13.3. The summed E-state index contributed by atoms with van der Waals surface area (Å²) in [5, 5.41) is 8.98. The number of aryl methyl sites for hydroxylation is 2. The molecule has 1 aromatic carbocycles. The maximum atomic E-state index is 13.3. The molecule has 2 aliphatic rings. The predicted molar refractivity (Wildman–Crippen MR) is 125 cm³/mol. The van der Waals surface area contributed by atoms with E-state index >= 15 is 0 Å². The lowest BCUT2D eigenvalue weighted by molar-refractivity contribution is -0.147. The highest BCUT2D eigenvalue weighted by Crippen LogP contribution is 2.47. The lowest BCUT2D eigenvalue weighted by atomic mass is 9.62. The topological polar surface area (TPSA) is 108 Å². The van der Waals surface area contributed by atoms with Gasteiger partial charge in [0.05, 0.1) is 11.3 Å². The summed E-state index contributed by atoms with van der Waals surface area (Å²) < 4.78 is 0. The molecule has 0 radical (unpaired) electrons. The van der Waals surface area contributed by atoms with Crippen LogP contribution in [0.5, 0.6) is 0 Å². The summed E-state index contributed by atoms with van der Waals surface area (Å²) in [5.41, 5.74) is 4.16. The van der Waals surface area contributed by atoms with Crippen LogP contribution in [0.1, 0.15) is 60.8 Å². The zero-order valence-corrected chi connectivity index (χ0v) is 19.7. The normalized spacial score (nSPS) is 18.1. The highest BCUT2D eigenvalue weighted by Gasteiger charge is 2.48. The average Bonchev–Trinajstić information content (AvgIpc) is 2.80. The first-order valence-electron chi connectivity index (χ1n) is 11.5. The number of hydrogen-bond donors (Lipinski definition) is 0. The standard InChI is InChI=1S/C27H27N3O4/c1-16-10-20(21-5-4-19(14-28)15-29-21)11-17(2)24(16)25-22(32)12-27(13-23(25)33)6-8-30(9-7-27)26(34)18(3)31/h4-5,10-11,15,25H,6-9,12-13H2,1-3H3. The zero-order valence-electron chi connectivity index (χ0n) is 19.7. The molecule has 34 heavy (non-hydrogen) atoms. The number of amides is 1. The smallest absolute Gasteiger partial charge is 0.289 e. The van der Waals surface area contributed by atoms with Gasteiger partial charge in [0.2, 0.25) is 5.78 Å². The largest absolute Gasteiger partial charge is 0.336 e. The minimum Gasteiger partial charge on any atom is -0.336 e. The summed E-state index contributed by atoms with van der Waals surface area (Å²) in [7, 11) is 0. The van der Waals surface area contributed by atoms with Gasteiger partial charge in [0.1, 0.15) is 23.6 Å². The molecular weight excluding hydrogens is 430 g/mol. The van der Waals surface area contributed by atoms with Crippen LogP contribution in [0.2, 0.25) is 0 Å². The third kappa shape index (κ3) is 4.28. The summed E-state index contributed by atoms with van der Waals surface area (Å²) in [6.45, 7) is 5.87. The first kappa shape index (κ1) is 23.5. The number of Topliss-reactive ketones (excluding diaryl/α,β-unsaturated/α-hetero) is 3. The summed E-state index contributed by atoms with van der Waals surface area (Å²) in [5.74, 6) is -1.90. The molecule has 1 amide bonds. The molecule has 1 spiro atoms. The Labute approximate surface area is 198 Å². The van der Waals surface area contributed by atoms with Crippen LogP contribution in [0.25, 0.3) is 11.3 Å². The van der Waals surface area contributed by atoms with Crippen LogP contribution in [0.4, 0.5) is 0 Å². The summed E-state index contributed by atoms with van der Waals surface area (Å²) >= 11 is 0. The number of nitriles is 1. The maximum Gasteiger partial charge on any atom is 0.289 e. The van der Waals surface area contributed by atoms with Gasteiger partial charge in [-0.25, -0.2) is 0 Å². The van der Waals surface area contributed by atoms with E-state index in [4.69, 9.17) is 5.26 Å². The molecule has 1 aliphatic carbocycles. The number of rotatable bonds is 3. The van der Waals surface area contributed by atoms with Crippen molar-refractivity contribution >= 4 is 23.3 Å². The number of ketones is 3. The van der Waals surface area contributed by atoms with E-state index in [-0.39, 0.29) is 11.6 Å². The molecule has 0 atom stereocenters. The van der Waals surface area contributed by atoms with Gasteiger partial charge in [-0.05, 0) is 73.1 Å². The Kier molecular flexibility index (Phi) is 6.18. The summed E-state index contributed by atoms with van der Waals surface area (Å²) in [4.78, 5) is 56.0. The van der Waals surface area contributed by atoms with Crippen molar-refractivity contribution in [1.29, 1.82) is 5.26 Å².